The molecule has 0 atom stereocenters. The van der Waals surface area contributed by atoms with E-state index >= 15 is 0 Å². The van der Waals surface area contributed by atoms with E-state index in [0.29, 0.717) is 27.1 Å². The number of halogens is 2. The summed E-state index contributed by atoms with van der Waals surface area (Å²) in [5, 5.41) is 3.77. The summed E-state index contributed by atoms with van der Waals surface area (Å²) in [7, 11) is 0. The van der Waals surface area contributed by atoms with Gasteiger partial charge >= 0.3 is 0 Å². The third-order valence-electron chi connectivity index (χ3n) is 3.06. The molecule has 3 rings (SSSR count). The Bertz CT molecular complexity index is 759. The summed E-state index contributed by atoms with van der Waals surface area (Å²) in [5.74, 6) is 1.21. The first-order chi connectivity index (χ1) is 10.6. The van der Waals surface area contributed by atoms with E-state index in [1.807, 2.05) is 6.07 Å². The number of ether oxygens (including phenoxy) is 2. The first kappa shape index (κ1) is 14.8. The molecule has 0 spiro atoms. The topological polar surface area (TPSA) is 47.6 Å². The van der Waals surface area contributed by atoms with Gasteiger partial charge in [0.1, 0.15) is 0 Å². The lowest BCUT2D eigenvalue weighted by molar-refractivity contribution is 0.104. The molecule has 1 N–H and O–H groups in total. The molecule has 2 aromatic carbocycles. The molecule has 1 aliphatic heterocycles. The van der Waals surface area contributed by atoms with Gasteiger partial charge in [-0.3, -0.25) is 4.79 Å². The van der Waals surface area contributed by atoms with Crippen molar-refractivity contribution in [3.8, 4) is 11.5 Å². The van der Waals surface area contributed by atoms with Crippen LogP contribution in [0.3, 0.4) is 0 Å². The second-order valence-corrected chi connectivity index (χ2v) is 5.35. The number of allylic oxidation sites excluding steroid dienone is 1. The largest absolute Gasteiger partial charge is 0.454 e. The molecule has 0 saturated heterocycles. The van der Waals surface area contributed by atoms with Crippen LogP contribution in [0.5, 0.6) is 11.5 Å². The molecule has 0 fully saturated rings. The van der Waals surface area contributed by atoms with Gasteiger partial charge in [-0.2, -0.15) is 0 Å². The Hall–Kier alpha value is -2.17. The second-order valence-electron chi connectivity index (χ2n) is 4.54. The minimum absolute atomic E-state index is 0.174. The molecule has 0 saturated carbocycles. The number of anilines is 1. The van der Waals surface area contributed by atoms with Gasteiger partial charge < -0.3 is 14.8 Å². The van der Waals surface area contributed by atoms with E-state index in [1.54, 1.807) is 30.5 Å². The molecule has 1 aliphatic rings. The summed E-state index contributed by atoms with van der Waals surface area (Å²) in [4.78, 5) is 12.0. The first-order valence-electron chi connectivity index (χ1n) is 6.45. The maximum Gasteiger partial charge on any atom is 0.231 e. The van der Waals surface area contributed by atoms with Crippen molar-refractivity contribution in [1.29, 1.82) is 0 Å². The maximum absolute atomic E-state index is 12.0. The fourth-order valence-corrected chi connectivity index (χ4v) is 2.24. The van der Waals surface area contributed by atoms with Gasteiger partial charge in [-0.1, -0.05) is 23.2 Å². The third-order valence-corrected chi connectivity index (χ3v) is 3.80. The number of rotatable bonds is 4. The zero-order valence-electron chi connectivity index (χ0n) is 11.3. The number of nitrogens with one attached hydrogen (secondary N) is 1. The standard InChI is InChI=1S/C16H11Cl2NO3/c17-12-3-1-10(7-13(12)18)14(20)5-6-19-11-2-4-15-16(8-11)22-9-21-15/h1-8,19H,9H2/b6-5+. The van der Waals surface area contributed by atoms with Crippen LogP contribution in [0.2, 0.25) is 10.0 Å². The Balaban J connectivity index is 1.66. The molecule has 112 valence electrons. The Morgan fingerprint density at radius 1 is 1.05 bits per heavy atom. The fourth-order valence-electron chi connectivity index (χ4n) is 1.95. The van der Waals surface area contributed by atoms with Crippen LogP contribution >= 0.6 is 23.2 Å². The highest BCUT2D eigenvalue weighted by molar-refractivity contribution is 6.42. The van der Waals surface area contributed by atoms with E-state index in [1.165, 1.54) is 12.1 Å². The lowest BCUT2D eigenvalue weighted by Gasteiger charge is -2.02. The molecule has 0 unspecified atom stereocenters. The number of fused-ring (bicyclic) bond motifs is 1. The zero-order chi connectivity index (χ0) is 15.5. The van der Waals surface area contributed by atoms with Crippen molar-refractivity contribution in [3.05, 3.63) is 64.3 Å². The first-order valence-corrected chi connectivity index (χ1v) is 7.21. The molecule has 1 heterocycles. The van der Waals surface area contributed by atoms with Crippen LogP contribution in [0.4, 0.5) is 5.69 Å². The van der Waals surface area contributed by atoms with Gasteiger partial charge in [-0.15, -0.1) is 0 Å². The molecule has 22 heavy (non-hydrogen) atoms. The van der Waals surface area contributed by atoms with Gasteiger partial charge in [0.05, 0.1) is 10.0 Å². The highest BCUT2D eigenvalue weighted by atomic mass is 35.5. The lowest BCUT2D eigenvalue weighted by Crippen LogP contribution is -1.96. The van der Waals surface area contributed by atoms with Gasteiger partial charge in [0.15, 0.2) is 17.3 Å². The Labute approximate surface area is 137 Å². The number of carbonyl (C=O) groups is 1. The van der Waals surface area contributed by atoms with Crippen molar-refractivity contribution in [2.24, 2.45) is 0 Å². The Kier molecular flexibility index (Phi) is 4.22. The third kappa shape index (κ3) is 3.18. The fraction of sp³-hybridized carbons (Fsp3) is 0.0625. The van der Waals surface area contributed by atoms with Gasteiger partial charge in [-0.25, -0.2) is 0 Å². The zero-order valence-corrected chi connectivity index (χ0v) is 12.8. The van der Waals surface area contributed by atoms with Crippen molar-refractivity contribution < 1.29 is 14.3 Å². The highest BCUT2D eigenvalue weighted by Crippen LogP contribution is 2.34. The van der Waals surface area contributed by atoms with Crippen LogP contribution in [-0.2, 0) is 0 Å². The Morgan fingerprint density at radius 2 is 1.86 bits per heavy atom. The summed E-state index contributed by atoms with van der Waals surface area (Å²) in [6.07, 6.45) is 2.98. The summed E-state index contributed by atoms with van der Waals surface area (Å²) in [6, 6.07) is 10.2. The average molecular weight is 336 g/mol. The molecule has 0 bridgehead atoms. The highest BCUT2D eigenvalue weighted by Gasteiger charge is 2.12. The van der Waals surface area contributed by atoms with Crippen LogP contribution in [0, 0.1) is 0 Å². The molecule has 0 radical (unpaired) electrons. The predicted molar refractivity (Wildman–Crippen MR) is 86.1 cm³/mol. The van der Waals surface area contributed by atoms with E-state index in [2.05, 4.69) is 5.32 Å². The van der Waals surface area contributed by atoms with Crippen molar-refractivity contribution >= 4 is 34.7 Å². The average Bonchev–Trinajstić information content (AvgIpc) is 2.97. The summed E-state index contributed by atoms with van der Waals surface area (Å²) < 4.78 is 10.5. The molecule has 2 aromatic rings. The number of carbonyl (C=O) groups excluding carboxylic acids is 1. The van der Waals surface area contributed by atoms with Gasteiger partial charge in [0.2, 0.25) is 6.79 Å². The monoisotopic (exact) mass is 335 g/mol. The van der Waals surface area contributed by atoms with Gasteiger partial charge in [0.25, 0.3) is 0 Å². The molecule has 0 aromatic heterocycles. The number of hydrogen-bond donors (Lipinski definition) is 1. The van der Waals surface area contributed by atoms with Crippen LogP contribution in [0.1, 0.15) is 10.4 Å². The minimum Gasteiger partial charge on any atom is -0.454 e. The predicted octanol–water partition coefficient (Wildman–Crippen LogP) is 4.53. The van der Waals surface area contributed by atoms with Crippen LogP contribution in [-0.4, -0.2) is 12.6 Å². The van der Waals surface area contributed by atoms with Crippen molar-refractivity contribution in [2.45, 2.75) is 0 Å². The van der Waals surface area contributed by atoms with Crippen LogP contribution in [0.25, 0.3) is 0 Å². The smallest absolute Gasteiger partial charge is 0.231 e. The summed E-state index contributed by atoms with van der Waals surface area (Å²) in [5.41, 5.74) is 1.26. The van der Waals surface area contributed by atoms with E-state index < -0.39 is 0 Å². The lowest BCUT2D eigenvalue weighted by atomic mass is 10.1. The molecular formula is C16H11Cl2NO3. The quantitative estimate of drug-likeness (QED) is 0.658. The molecule has 4 nitrogen and oxygen atoms in total. The van der Waals surface area contributed by atoms with Crippen molar-refractivity contribution in [3.63, 3.8) is 0 Å². The van der Waals surface area contributed by atoms with Gasteiger partial charge in [0, 0.05) is 29.6 Å². The van der Waals surface area contributed by atoms with Crippen LogP contribution < -0.4 is 14.8 Å². The van der Waals surface area contributed by atoms with E-state index in [9.17, 15) is 4.79 Å². The number of ketones is 1. The number of hydrogen-bond acceptors (Lipinski definition) is 4. The van der Waals surface area contributed by atoms with E-state index in [-0.39, 0.29) is 12.6 Å². The number of benzene rings is 2. The maximum atomic E-state index is 12.0. The Morgan fingerprint density at radius 3 is 2.68 bits per heavy atom. The molecule has 0 aliphatic carbocycles. The summed E-state index contributed by atoms with van der Waals surface area (Å²) in [6.45, 7) is 0.227. The molecule has 6 heteroatoms. The normalized spacial score (nSPS) is 12.6. The SMILES string of the molecule is O=C(/C=C/Nc1ccc2c(c1)OCO2)c1ccc(Cl)c(Cl)c1. The van der Waals surface area contributed by atoms with Crippen molar-refractivity contribution in [1.82, 2.24) is 0 Å². The minimum atomic E-state index is -0.174. The van der Waals surface area contributed by atoms with Crippen molar-refractivity contribution in [2.75, 3.05) is 12.1 Å². The molecule has 0 amide bonds. The second kappa shape index (κ2) is 6.30. The van der Waals surface area contributed by atoms with Crippen LogP contribution in [0.15, 0.2) is 48.7 Å². The van der Waals surface area contributed by atoms with E-state index in [0.717, 1.165) is 5.69 Å². The van der Waals surface area contributed by atoms with Gasteiger partial charge in [-0.05, 0) is 30.3 Å². The summed E-state index contributed by atoms with van der Waals surface area (Å²) >= 11 is 11.7. The van der Waals surface area contributed by atoms with E-state index in [4.69, 9.17) is 32.7 Å². The molecular weight excluding hydrogens is 325 g/mol.